The van der Waals surface area contributed by atoms with E-state index in [0.717, 1.165) is 54.4 Å². The Labute approximate surface area is 192 Å². The Kier molecular flexibility index (Phi) is 5.59. The molecule has 0 atom stereocenters. The molecule has 4 aromatic rings. The van der Waals surface area contributed by atoms with Gasteiger partial charge in [-0.15, -0.1) is 5.10 Å². The number of rotatable bonds is 5. The van der Waals surface area contributed by atoms with Crippen LogP contribution in [0.25, 0.3) is 16.8 Å². The first-order chi connectivity index (χ1) is 15.6. The Bertz CT molecular complexity index is 1230. The molecule has 0 spiro atoms. The van der Waals surface area contributed by atoms with Crippen molar-refractivity contribution in [1.29, 1.82) is 0 Å². The van der Waals surface area contributed by atoms with Crippen LogP contribution >= 0.6 is 11.6 Å². The van der Waals surface area contributed by atoms with Crippen LogP contribution in [-0.2, 0) is 0 Å². The number of nitrogens with zero attached hydrogens (tertiary/aromatic N) is 5. The number of halogens is 1. The van der Waals surface area contributed by atoms with Crippen molar-refractivity contribution in [2.24, 2.45) is 0 Å². The summed E-state index contributed by atoms with van der Waals surface area (Å²) in [5, 5.41) is 8.67. The quantitative estimate of drug-likeness (QED) is 0.483. The summed E-state index contributed by atoms with van der Waals surface area (Å²) in [6.45, 7) is 4.27. The molecule has 1 saturated heterocycles. The number of piperazine rings is 1. The molecular formula is C24H25ClN6O. The largest absolute Gasteiger partial charge is 0.496 e. The van der Waals surface area contributed by atoms with Crippen molar-refractivity contribution in [2.75, 3.05) is 50.6 Å². The van der Waals surface area contributed by atoms with Crippen LogP contribution in [0, 0.1) is 0 Å². The van der Waals surface area contributed by atoms with Gasteiger partial charge in [0.25, 0.3) is 0 Å². The minimum atomic E-state index is 0.517. The molecule has 2 aromatic carbocycles. The van der Waals surface area contributed by atoms with Crippen LogP contribution in [0.2, 0.25) is 5.02 Å². The molecule has 7 nitrogen and oxygen atoms in total. The molecule has 1 N–H and O–H groups in total. The lowest BCUT2D eigenvalue weighted by molar-refractivity contribution is 0.313. The number of ether oxygens (including phenoxy) is 1. The summed E-state index contributed by atoms with van der Waals surface area (Å²) in [7, 11) is 3.82. The number of aromatic nitrogens is 3. The number of hydrogen-bond acceptors (Lipinski definition) is 6. The standard InChI is InChI=1S/C24H25ClN6O/c1-29-11-13-30(14-12-29)19-6-4-18(5-7-19)27-24-26-16-20-8-9-22(31(20)28-24)21-15-17(25)3-10-23(21)32-2/h3-10,15-16H,11-14H2,1-2H3,(H,27,28). The normalized spacial score (nSPS) is 14.7. The van der Waals surface area contributed by atoms with E-state index in [0.29, 0.717) is 11.0 Å². The Hall–Kier alpha value is -3.29. The highest BCUT2D eigenvalue weighted by atomic mass is 35.5. The summed E-state index contributed by atoms with van der Waals surface area (Å²) in [5.74, 6) is 1.25. The first-order valence-electron chi connectivity index (χ1n) is 10.6. The van der Waals surface area contributed by atoms with Crippen LogP contribution in [0.5, 0.6) is 5.75 Å². The Morgan fingerprint density at radius 3 is 2.50 bits per heavy atom. The molecule has 0 amide bonds. The molecule has 32 heavy (non-hydrogen) atoms. The molecule has 0 saturated carbocycles. The molecule has 0 bridgehead atoms. The second kappa shape index (κ2) is 8.68. The molecule has 8 heteroatoms. The highest BCUT2D eigenvalue weighted by Crippen LogP contribution is 2.33. The molecule has 3 heterocycles. The maximum Gasteiger partial charge on any atom is 0.245 e. The third-order valence-corrected chi connectivity index (χ3v) is 6.06. The lowest BCUT2D eigenvalue weighted by Gasteiger charge is -2.34. The summed E-state index contributed by atoms with van der Waals surface area (Å²) in [5.41, 5.74) is 4.83. The van der Waals surface area contributed by atoms with Crippen molar-refractivity contribution in [3.05, 3.63) is 65.8 Å². The van der Waals surface area contributed by atoms with E-state index in [-0.39, 0.29) is 0 Å². The lowest BCUT2D eigenvalue weighted by atomic mass is 10.1. The van der Waals surface area contributed by atoms with Gasteiger partial charge in [0.05, 0.1) is 24.5 Å². The van der Waals surface area contributed by atoms with E-state index < -0.39 is 0 Å². The molecule has 0 unspecified atom stereocenters. The van der Waals surface area contributed by atoms with Crippen molar-refractivity contribution in [3.63, 3.8) is 0 Å². The van der Waals surface area contributed by atoms with Gasteiger partial charge in [-0.25, -0.2) is 9.50 Å². The SMILES string of the molecule is COc1ccc(Cl)cc1-c1ccc2cnc(Nc3ccc(N4CCN(C)CC4)cc3)nn12. The Balaban J connectivity index is 1.40. The summed E-state index contributed by atoms with van der Waals surface area (Å²) >= 11 is 6.24. The second-order valence-electron chi connectivity index (χ2n) is 7.94. The fraction of sp³-hybridized carbons (Fsp3) is 0.250. The predicted octanol–water partition coefficient (Wildman–Crippen LogP) is 4.55. The zero-order valence-corrected chi connectivity index (χ0v) is 18.9. The van der Waals surface area contributed by atoms with Gasteiger partial charge in [0.2, 0.25) is 5.95 Å². The van der Waals surface area contributed by atoms with Crippen LogP contribution < -0.4 is 15.0 Å². The van der Waals surface area contributed by atoms with Gasteiger partial charge in [-0.1, -0.05) is 11.6 Å². The molecule has 1 aliphatic rings. The van der Waals surface area contributed by atoms with Crippen LogP contribution in [0.3, 0.4) is 0 Å². The number of benzene rings is 2. The topological polar surface area (TPSA) is 57.9 Å². The smallest absolute Gasteiger partial charge is 0.245 e. The van der Waals surface area contributed by atoms with Crippen LogP contribution in [-0.4, -0.2) is 59.8 Å². The van der Waals surface area contributed by atoms with Crippen molar-refractivity contribution in [3.8, 4) is 17.0 Å². The van der Waals surface area contributed by atoms with E-state index in [9.17, 15) is 0 Å². The first kappa shape index (κ1) is 20.6. The van der Waals surface area contributed by atoms with Gasteiger partial charge in [0.15, 0.2) is 0 Å². The third-order valence-electron chi connectivity index (χ3n) is 5.83. The van der Waals surface area contributed by atoms with E-state index in [1.165, 1.54) is 5.69 Å². The highest BCUT2D eigenvalue weighted by Gasteiger charge is 2.15. The Morgan fingerprint density at radius 2 is 1.75 bits per heavy atom. The maximum absolute atomic E-state index is 6.24. The van der Waals surface area contributed by atoms with Gasteiger partial charge in [-0.2, -0.15) is 0 Å². The molecule has 0 aliphatic carbocycles. The average Bonchev–Trinajstić information content (AvgIpc) is 3.23. The molecule has 1 aliphatic heterocycles. The first-order valence-corrected chi connectivity index (χ1v) is 11.0. The molecular weight excluding hydrogens is 424 g/mol. The van der Waals surface area contributed by atoms with Crippen molar-refractivity contribution < 1.29 is 4.74 Å². The van der Waals surface area contributed by atoms with Crippen LogP contribution in [0.1, 0.15) is 0 Å². The molecule has 164 valence electrons. The fourth-order valence-electron chi connectivity index (χ4n) is 3.99. The average molecular weight is 449 g/mol. The van der Waals surface area contributed by atoms with Crippen LogP contribution in [0.4, 0.5) is 17.3 Å². The maximum atomic E-state index is 6.24. The van der Waals surface area contributed by atoms with Gasteiger partial charge in [0.1, 0.15) is 5.75 Å². The highest BCUT2D eigenvalue weighted by molar-refractivity contribution is 6.31. The number of fused-ring (bicyclic) bond motifs is 1. The number of likely N-dealkylation sites (N-methyl/N-ethyl adjacent to an activating group) is 1. The molecule has 0 radical (unpaired) electrons. The number of methoxy groups -OCH3 is 1. The molecule has 1 fully saturated rings. The second-order valence-corrected chi connectivity index (χ2v) is 8.38. The van der Waals surface area contributed by atoms with E-state index in [1.807, 2.05) is 34.8 Å². The zero-order valence-electron chi connectivity index (χ0n) is 18.1. The van der Waals surface area contributed by atoms with E-state index in [4.69, 9.17) is 21.4 Å². The number of anilines is 3. The zero-order chi connectivity index (χ0) is 22.1. The van der Waals surface area contributed by atoms with Gasteiger partial charge < -0.3 is 19.9 Å². The van der Waals surface area contributed by atoms with E-state index in [1.54, 1.807) is 13.3 Å². The third kappa shape index (κ3) is 4.09. The minimum Gasteiger partial charge on any atom is -0.496 e. The summed E-state index contributed by atoms with van der Waals surface area (Å²) < 4.78 is 7.38. The minimum absolute atomic E-state index is 0.517. The van der Waals surface area contributed by atoms with Crippen LogP contribution in [0.15, 0.2) is 60.8 Å². The molecule has 2 aromatic heterocycles. The summed E-state index contributed by atoms with van der Waals surface area (Å²) in [4.78, 5) is 9.24. The van der Waals surface area contributed by atoms with Crippen molar-refractivity contribution in [1.82, 2.24) is 19.5 Å². The molecule has 5 rings (SSSR count). The van der Waals surface area contributed by atoms with Crippen molar-refractivity contribution >= 4 is 34.4 Å². The van der Waals surface area contributed by atoms with E-state index in [2.05, 4.69) is 51.4 Å². The van der Waals surface area contributed by atoms with Gasteiger partial charge in [0, 0.05) is 48.1 Å². The number of nitrogens with one attached hydrogen (secondary N) is 1. The predicted molar refractivity (Wildman–Crippen MR) is 129 cm³/mol. The monoisotopic (exact) mass is 448 g/mol. The Morgan fingerprint density at radius 1 is 0.969 bits per heavy atom. The summed E-state index contributed by atoms with van der Waals surface area (Å²) in [6.07, 6.45) is 1.80. The van der Waals surface area contributed by atoms with Crippen molar-refractivity contribution in [2.45, 2.75) is 0 Å². The number of hydrogen-bond donors (Lipinski definition) is 1. The van der Waals surface area contributed by atoms with Gasteiger partial charge >= 0.3 is 0 Å². The van der Waals surface area contributed by atoms with Gasteiger partial charge in [-0.3, -0.25) is 0 Å². The van der Waals surface area contributed by atoms with E-state index >= 15 is 0 Å². The summed E-state index contributed by atoms with van der Waals surface area (Å²) in [6, 6.07) is 17.9. The fourth-order valence-corrected chi connectivity index (χ4v) is 4.16. The lowest BCUT2D eigenvalue weighted by Crippen LogP contribution is -2.44. The van der Waals surface area contributed by atoms with Gasteiger partial charge in [-0.05, 0) is 61.6 Å².